The first-order chi connectivity index (χ1) is 13.3. The normalized spacial score (nSPS) is 11.8. The molecule has 0 aliphatic rings. The van der Waals surface area contributed by atoms with E-state index in [0.717, 1.165) is 12.8 Å². The van der Waals surface area contributed by atoms with Crippen molar-refractivity contribution in [1.29, 1.82) is 0 Å². The van der Waals surface area contributed by atoms with Crippen LogP contribution >= 0.6 is 0 Å². The van der Waals surface area contributed by atoms with Crippen molar-refractivity contribution in [3.8, 4) is 0 Å². The van der Waals surface area contributed by atoms with E-state index in [4.69, 9.17) is 14.2 Å². The second-order valence-electron chi connectivity index (χ2n) is 7.15. The van der Waals surface area contributed by atoms with Gasteiger partial charge in [0.05, 0.1) is 0 Å². The van der Waals surface area contributed by atoms with Crippen LogP contribution in [0.1, 0.15) is 90.5 Å². The molecule has 0 radical (unpaired) electrons. The lowest BCUT2D eigenvalue weighted by atomic mass is 10.0. The zero-order chi connectivity index (χ0) is 19.6. The minimum absolute atomic E-state index is 0.615. The van der Waals surface area contributed by atoms with Gasteiger partial charge in [0.25, 0.3) is 5.97 Å². The number of hydrogen-bond acceptors (Lipinski definition) is 3. The summed E-state index contributed by atoms with van der Waals surface area (Å²) in [5.41, 5.74) is 1.47. The SMILES string of the molecule is CCOC(CCCCCCCCCCCc1ccccc1)(OCC)OCC. The Bertz CT molecular complexity index is 415. The lowest BCUT2D eigenvalue weighted by Crippen LogP contribution is -2.39. The summed E-state index contributed by atoms with van der Waals surface area (Å²) >= 11 is 0. The summed E-state index contributed by atoms with van der Waals surface area (Å²) in [4.78, 5) is 0. The minimum Gasteiger partial charge on any atom is -0.328 e. The first kappa shape index (κ1) is 24.1. The fraction of sp³-hybridized carbons (Fsp3) is 0.750. The number of unbranched alkanes of at least 4 members (excludes halogenated alkanes) is 8. The summed E-state index contributed by atoms with van der Waals surface area (Å²) < 4.78 is 17.3. The molecule has 0 saturated carbocycles. The van der Waals surface area contributed by atoms with Gasteiger partial charge in [-0.2, -0.15) is 0 Å². The molecule has 0 aromatic heterocycles. The Labute approximate surface area is 167 Å². The second kappa shape index (κ2) is 16.1. The van der Waals surface area contributed by atoms with Crippen molar-refractivity contribution in [2.75, 3.05) is 19.8 Å². The molecule has 0 aliphatic heterocycles. The van der Waals surface area contributed by atoms with Gasteiger partial charge < -0.3 is 14.2 Å². The third-order valence-corrected chi connectivity index (χ3v) is 4.88. The van der Waals surface area contributed by atoms with Gasteiger partial charge in [-0.3, -0.25) is 0 Å². The molecule has 0 amide bonds. The van der Waals surface area contributed by atoms with Crippen LogP contribution in [-0.4, -0.2) is 25.8 Å². The molecule has 0 fully saturated rings. The molecule has 3 heteroatoms. The lowest BCUT2D eigenvalue weighted by Gasteiger charge is -2.32. The van der Waals surface area contributed by atoms with Crippen molar-refractivity contribution < 1.29 is 14.2 Å². The van der Waals surface area contributed by atoms with E-state index in [9.17, 15) is 0 Å². The standard InChI is InChI=1S/C24H42O3/c1-4-25-24(26-5-2,27-6-3)22-18-13-11-9-7-8-10-12-15-19-23-20-16-14-17-21-23/h14,16-17,20-21H,4-13,15,18-19,22H2,1-3H3. The number of hydrogen-bond donors (Lipinski definition) is 0. The van der Waals surface area contributed by atoms with Gasteiger partial charge in [-0.05, 0) is 45.6 Å². The van der Waals surface area contributed by atoms with Gasteiger partial charge in [-0.15, -0.1) is 0 Å². The Kier molecular flexibility index (Phi) is 14.4. The zero-order valence-corrected chi connectivity index (χ0v) is 18.0. The van der Waals surface area contributed by atoms with E-state index >= 15 is 0 Å². The first-order valence-electron chi connectivity index (χ1n) is 11.2. The lowest BCUT2D eigenvalue weighted by molar-refractivity contribution is -0.380. The maximum absolute atomic E-state index is 5.78. The fourth-order valence-electron chi connectivity index (χ4n) is 3.55. The monoisotopic (exact) mass is 378 g/mol. The van der Waals surface area contributed by atoms with Gasteiger partial charge in [-0.25, -0.2) is 0 Å². The van der Waals surface area contributed by atoms with Crippen LogP contribution in [0.4, 0.5) is 0 Å². The maximum atomic E-state index is 5.78. The van der Waals surface area contributed by atoms with Gasteiger partial charge in [0.2, 0.25) is 0 Å². The van der Waals surface area contributed by atoms with Gasteiger partial charge in [-0.1, -0.05) is 75.3 Å². The van der Waals surface area contributed by atoms with Crippen molar-refractivity contribution in [3.63, 3.8) is 0 Å². The molecular formula is C24H42O3. The van der Waals surface area contributed by atoms with Gasteiger partial charge in [0.15, 0.2) is 0 Å². The Morgan fingerprint density at radius 1 is 0.593 bits per heavy atom. The van der Waals surface area contributed by atoms with Crippen LogP contribution in [0, 0.1) is 0 Å². The van der Waals surface area contributed by atoms with E-state index in [1.54, 1.807) is 0 Å². The number of rotatable bonds is 18. The quantitative estimate of drug-likeness (QED) is 0.205. The van der Waals surface area contributed by atoms with Crippen LogP contribution in [0.2, 0.25) is 0 Å². The number of benzene rings is 1. The summed E-state index contributed by atoms with van der Waals surface area (Å²) in [5.74, 6) is -0.822. The van der Waals surface area contributed by atoms with Crippen molar-refractivity contribution in [3.05, 3.63) is 35.9 Å². The smallest absolute Gasteiger partial charge is 0.282 e. The van der Waals surface area contributed by atoms with Crippen LogP contribution in [0.15, 0.2) is 30.3 Å². The average molecular weight is 379 g/mol. The predicted octanol–water partition coefficient (Wildman–Crippen LogP) is 6.89. The van der Waals surface area contributed by atoms with E-state index in [1.165, 1.54) is 63.4 Å². The molecule has 0 unspecified atom stereocenters. The summed E-state index contributed by atoms with van der Waals surface area (Å²) in [6.07, 6.45) is 13.8. The summed E-state index contributed by atoms with van der Waals surface area (Å²) in [7, 11) is 0. The van der Waals surface area contributed by atoms with Gasteiger partial charge in [0, 0.05) is 26.2 Å². The van der Waals surface area contributed by atoms with Crippen molar-refractivity contribution >= 4 is 0 Å². The largest absolute Gasteiger partial charge is 0.328 e. The Balaban J connectivity index is 1.99. The van der Waals surface area contributed by atoms with Crippen molar-refractivity contribution in [2.24, 2.45) is 0 Å². The number of aryl methyl sites for hydroxylation is 1. The molecular weight excluding hydrogens is 336 g/mol. The fourth-order valence-corrected chi connectivity index (χ4v) is 3.55. The van der Waals surface area contributed by atoms with Crippen LogP contribution < -0.4 is 0 Å². The molecule has 0 N–H and O–H groups in total. The molecule has 1 rings (SSSR count). The van der Waals surface area contributed by atoms with Crippen LogP contribution in [0.3, 0.4) is 0 Å². The Hall–Kier alpha value is -0.900. The summed E-state index contributed by atoms with van der Waals surface area (Å²) in [6, 6.07) is 10.8. The summed E-state index contributed by atoms with van der Waals surface area (Å²) in [6.45, 7) is 7.82. The molecule has 1 aromatic carbocycles. The molecule has 3 nitrogen and oxygen atoms in total. The minimum atomic E-state index is -0.822. The molecule has 0 atom stereocenters. The number of ether oxygens (including phenoxy) is 3. The van der Waals surface area contributed by atoms with Crippen LogP contribution in [0.25, 0.3) is 0 Å². The van der Waals surface area contributed by atoms with E-state index in [1.807, 2.05) is 20.8 Å². The Morgan fingerprint density at radius 2 is 1.04 bits per heavy atom. The van der Waals surface area contributed by atoms with Crippen molar-refractivity contribution in [2.45, 2.75) is 97.4 Å². The van der Waals surface area contributed by atoms with Crippen LogP contribution in [-0.2, 0) is 20.6 Å². The highest BCUT2D eigenvalue weighted by atomic mass is 16.9. The van der Waals surface area contributed by atoms with E-state index in [-0.39, 0.29) is 0 Å². The molecule has 1 aromatic rings. The average Bonchev–Trinajstić information content (AvgIpc) is 2.67. The first-order valence-corrected chi connectivity index (χ1v) is 11.2. The third-order valence-electron chi connectivity index (χ3n) is 4.88. The van der Waals surface area contributed by atoms with E-state index in [0.29, 0.717) is 19.8 Å². The van der Waals surface area contributed by atoms with E-state index in [2.05, 4.69) is 30.3 Å². The van der Waals surface area contributed by atoms with Crippen LogP contribution in [0.5, 0.6) is 0 Å². The molecule has 0 bridgehead atoms. The molecule has 27 heavy (non-hydrogen) atoms. The Morgan fingerprint density at radius 3 is 1.52 bits per heavy atom. The van der Waals surface area contributed by atoms with E-state index < -0.39 is 5.97 Å². The third kappa shape index (κ3) is 11.5. The van der Waals surface area contributed by atoms with Gasteiger partial charge in [0.1, 0.15) is 0 Å². The highest BCUT2D eigenvalue weighted by molar-refractivity contribution is 5.14. The highest BCUT2D eigenvalue weighted by Gasteiger charge is 2.31. The highest BCUT2D eigenvalue weighted by Crippen LogP contribution is 2.24. The molecule has 0 spiro atoms. The maximum Gasteiger partial charge on any atom is 0.282 e. The second-order valence-corrected chi connectivity index (χ2v) is 7.15. The molecule has 0 aliphatic carbocycles. The topological polar surface area (TPSA) is 27.7 Å². The molecule has 0 saturated heterocycles. The van der Waals surface area contributed by atoms with Gasteiger partial charge >= 0.3 is 0 Å². The van der Waals surface area contributed by atoms with Crippen molar-refractivity contribution in [1.82, 2.24) is 0 Å². The predicted molar refractivity (Wildman–Crippen MR) is 114 cm³/mol. The zero-order valence-electron chi connectivity index (χ0n) is 18.0. The molecule has 0 heterocycles. The molecule has 156 valence electrons. The summed E-state index contributed by atoms with van der Waals surface area (Å²) in [5, 5.41) is 0.